The molecule has 1 rings (SSSR count). The molecule has 1 fully saturated rings. The molecule has 0 spiro atoms. The summed E-state index contributed by atoms with van der Waals surface area (Å²) in [6, 6.07) is 0.530. The smallest absolute Gasteiger partial charge is 0.498 e. The first-order valence-electron chi connectivity index (χ1n) is 17.7. The van der Waals surface area contributed by atoms with Crippen molar-refractivity contribution in [2.75, 3.05) is 78.9 Å². The number of hydrogen-bond acceptors (Lipinski definition) is 7. The van der Waals surface area contributed by atoms with Gasteiger partial charge in [-0.15, -0.1) is 0 Å². The third-order valence-corrected chi connectivity index (χ3v) is 12.3. The highest BCUT2D eigenvalue weighted by Gasteiger charge is 2.41. The van der Waals surface area contributed by atoms with Crippen molar-refractivity contribution in [3.05, 3.63) is 0 Å². The zero-order valence-corrected chi connectivity index (χ0v) is 30.1. The molecule has 0 amide bonds. The SMILES string of the molecule is CCCCCCCCCCCCCCCCCC[N+](C)(C)CCC[Si]1(O)OCC[N+](CCO)(CCCS(=O)(=O)[O-])CCO1. The van der Waals surface area contributed by atoms with Gasteiger partial charge in [-0.25, -0.2) is 8.42 Å². The molecule has 0 aromatic rings. The fourth-order valence-corrected chi connectivity index (χ4v) is 8.65. The van der Waals surface area contributed by atoms with E-state index in [1.807, 2.05) is 0 Å². The molecule has 1 saturated heterocycles. The van der Waals surface area contributed by atoms with Crippen molar-refractivity contribution in [3.8, 4) is 0 Å². The lowest BCUT2D eigenvalue weighted by atomic mass is 10.0. The Hall–Kier alpha value is -0.113. The fraction of sp³-hybridized carbons (Fsp3) is 1.00. The van der Waals surface area contributed by atoms with E-state index in [-0.39, 0.29) is 13.0 Å². The van der Waals surface area contributed by atoms with Crippen LogP contribution in [0.3, 0.4) is 0 Å². The molecule has 0 aliphatic carbocycles. The van der Waals surface area contributed by atoms with Crippen molar-refractivity contribution >= 4 is 18.9 Å². The van der Waals surface area contributed by atoms with Crippen LogP contribution in [-0.2, 0) is 19.0 Å². The van der Waals surface area contributed by atoms with Crippen molar-refractivity contribution < 1.29 is 40.7 Å². The van der Waals surface area contributed by atoms with E-state index in [4.69, 9.17) is 8.85 Å². The number of aliphatic hydroxyl groups excluding tert-OH is 1. The quantitative estimate of drug-likeness (QED) is 0.0525. The van der Waals surface area contributed by atoms with E-state index in [1.165, 1.54) is 103 Å². The van der Waals surface area contributed by atoms with Gasteiger partial charge in [0.1, 0.15) is 19.6 Å². The molecule has 0 unspecified atom stereocenters. The van der Waals surface area contributed by atoms with Crippen LogP contribution in [0.15, 0.2) is 0 Å². The lowest BCUT2D eigenvalue weighted by Crippen LogP contribution is -2.59. The number of nitrogens with zero attached hydrogens (tertiary/aromatic N) is 2. The minimum atomic E-state index is -4.26. The van der Waals surface area contributed by atoms with Crippen molar-refractivity contribution in [2.24, 2.45) is 0 Å². The van der Waals surface area contributed by atoms with Crippen molar-refractivity contribution in [3.63, 3.8) is 0 Å². The molecule has 1 heterocycles. The van der Waals surface area contributed by atoms with E-state index < -0.39 is 24.7 Å². The molecule has 0 aromatic carbocycles. The summed E-state index contributed by atoms with van der Waals surface area (Å²) < 4.78 is 46.2. The van der Waals surface area contributed by atoms with Gasteiger partial charge in [-0.3, -0.25) is 0 Å². The lowest BCUT2D eigenvalue weighted by Gasteiger charge is -2.41. The largest absolute Gasteiger partial charge is 0.748 e. The monoisotopic (exact) mass is 653 g/mol. The summed E-state index contributed by atoms with van der Waals surface area (Å²) in [5.41, 5.74) is 0. The molecule has 43 heavy (non-hydrogen) atoms. The summed E-state index contributed by atoms with van der Waals surface area (Å²) in [5.74, 6) is -0.410. The minimum Gasteiger partial charge on any atom is -0.748 e. The van der Waals surface area contributed by atoms with Gasteiger partial charge in [-0.05, 0) is 12.8 Å². The molecule has 2 N–H and O–H groups in total. The van der Waals surface area contributed by atoms with Gasteiger partial charge in [0, 0.05) is 24.6 Å². The predicted octanol–water partition coefficient (Wildman–Crippen LogP) is 5.44. The number of aliphatic hydroxyl groups is 1. The molecular formula is C32H69N2O7SSi+. The van der Waals surface area contributed by atoms with Crippen molar-refractivity contribution in [1.29, 1.82) is 0 Å². The highest BCUT2D eigenvalue weighted by molar-refractivity contribution is 7.85. The maximum atomic E-state index is 11.1. The second-order valence-corrected chi connectivity index (χ2v) is 17.8. The topological polar surface area (TPSA) is 116 Å². The molecule has 11 heteroatoms. The Balaban J connectivity index is 2.14. The van der Waals surface area contributed by atoms with Crippen LogP contribution in [0.25, 0.3) is 0 Å². The van der Waals surface area contributed by atoms with Crippen molar-refractivity contribution in [2.45, 2.75) is 129 Å². The summed E-state index contributed by atoms with van der Waals surface area (Å²) in [6.45, 7) is 6.94. The van der Waals surface area contributed by atoms with Gasteiger partial charge < -0.3 is 32.3 Å². The number of rotatable bonds is 27. The van der Waals surface area contributed by atoms with E-state index >= 15 is 0 Å². The first kappa shape index (κ1) is 40.9. The molecule has 1 aliphatic rings. The normalized spacial score (nSPS) is 22.0. The molecule has 0 atom stereocenters. The minimum absolute atomic E-state index is 0.0434. The highest BCUT2D eigenvalue weighted by atomic mass is 32.2. The number of hydrogen-bond donors (Lipinski definition) is 2. The Morgan fingerprint density at radius 1 is 0.721 bits per heavy atom. The molecule has 9 nitrogen and oxygen atoms in total. The van der Waals surface area contributed by atoms with Crippen LogP contribution in [0.1, 0.15) is 122 Å². The molecule has 258 valence electrons. The molecular weight excluding hydrogens is 585 g/mol. The van der Waals surface area contributed by atoms with Gasteiger partial charge in [-0.1, -0.05) is 96.8 Å². The Kier molecular flexibility index (Phi) is 22.1. The average Bonchev–Trinajstić information content (AvgIpc) is 2.91. The van der Waals surface area contributed by atoms with Gasteiger partial charge in [-0.2, -0.15) is 0 Å². The average molecular weight is 654 g/mol. The van der Waals surface area contributed by atoms with E-state index in [9.17, 15) is 22.9 Å². The Morgan fingerprint density at radius 2 is 1.16 bits per heavy atom. The maximum absolute atomic E-state index is 11.1. The third-order valence-electron chi connectivity index (χ3n) is 9.26. The van der Waals surface area contributed by atoms with Crippen LogP contribution in [-0.4, -0.2) is 120 Å². The van der Waals surface area contributed by atoms with Crippen LogP contribution >= 0.6 is 0 Å². The summed E-state index contributed by atoms with van der Waals surface area (Å²) in [6.07, 6.45) is 23.2. The first-order valence-corrected chi connectivity index (χ1v) is 21.2. The summed E-state index contributed by atoms with van der Waals surface area (Å²) >= 11 is 0. The van der Waals surface area contributed by atoms with Crippen LogP contribution in [0, 0.1) is 0 Å². The van der Waals surface area contributed by atoms with Gasteiger partial charge in [0.2, 0.25) is 0 Å². The van der Waals surface area contributed by atoms with Crippen LogP contribution < -0.4 is 0 Å². The molecule has 0 radical (unpaired) electrons. The first-order chi connectivity index (χ1) is 20.4. The van der Waals surface area contributed by atoms with Gasteiger partial charge in [0.05, 0.1) is 63.7 Å². The second-order valence-electron chi connectivity index (χ2n) is 13.8. The number of quaternary nitrogens is 2. The lowest BCUT2D eigenvalue weighted by molar-refractivity contribution is -0.929. The zero-order chi connectivity index (χ0) is 31.9. The van der Waals surface area contributed by atoms with Gasteiger partial charge in [0.15, 0.2) is 0 Å². The maximum Gasteiger partial charge on any atom is 0.498 e. The Bertz CT molecular complexity index is 776. The molecule has 0 saturated carbocycles. The predicted molar refractivity (Wildman–Crippen MR) is 177 cm³/mol. The van der Waals surface area contributed by atoms with Crippen LogP contribution in [0.4, 0.5) is 0 Å². The molecule has 1 aliphatic heterocycles. The fourth-order valence-electron chi connectivity index (χ4n) is 6.37. The van der Waals surface area contributed by atoms with E-state index in [1.54, 1.807) is 0 Å². The Morgan fingerprint density at radius 3 is 1.60 bits per heavy atom. The van der Waals surface area contributed by atoms with Gasteiger partial charge >= 0.3 is 8.80 Å². The van der Waals surface area contributed by atoms with Crippen LogP contribution in [0.2, 0.25) is 6.04 Å². The summed E-state index contributed by atoms with van der Waals surface area (Å²) in [5, 5.41) is 9.57. The second kappa shape index (κ2) is 23.2. The van der Waals surface area contributed by atoms with Gasteiger partial charge in [0.25, 0.3) is 0 Å². The van der Waals surface area contributed by atoms with E-state index in [0.29, 0.717) is 49.9 Å². The Labute approximate surface area is 266 Å². The van der Waals surface area contributed by atoms with E-state index in [2.05, 4.69) is 21.0 Å². The summed E-state index contributed by atoms with van der Waals surface area (Å²) in [4.78, 5) is 11.1. The number of unbranched alkanes of at least 4 members (excludes halogenated alkanes) is 15. The van der Waals surface area contributed by atoms with Crippen molar-refractivity contribution in [1.82, 2.24) is 0 Å². The molecule has 0 bridgehead atoms. The highest BCUT2D eigenvalue weighted by Crippen LogP contribution is 2.20. The standard InChI is InChI=1S/C32H69N2O7SSi/c1-4-5-6-7-8-9-10-11-12-13-14-15-16-17-18-19-22-33(2,3)23-21-32-43(39)40-29-26-34(25-28-35,27-30-41-43)24-20-31-42(36,37)38/h35,39H,4-32H2,1-3H3/q+1. The summed E-state index contributed by atoms with van der Waals surface area (Å²) in [7, 11) is -3.01. The van der Waals surface area contributed by atoms with E-state index in [0.717, 1.165) is 24.0 Å². The molecule has 0 aromatic heterocycles. The van der Waals surface area contributed by atoms with Crippen LogP contribution in [0.5, 0.6) is 0 Å². The zero-order valence-electron chi connectivity index (χ0n) is 28.2. The third kappa shape index (κ3) is 22.1.